The molecule has 0 heterocycles. The lowest BCUT2D eigenvalue weighted by Crippen LogP contribution is -2.22. The van der Waals surface area contributed by atoms with Crippen LogP contribution in [0.1, 0.15) is 6.92 Å². The summed E-state index contributed by atoms with van der Waals surface area (Å²) in [7, 11) is 0. The molecule has 6 heteroatoms. The Balaban J connectivity index is 3.36. The molecule has 0 saturated carbocycles. The number of ether oxygens (including phenoxy) is 2. The molecule has 0 aromatic carbocycles. The van der Waals surface area contributed by atoms with Crippen LogP contribution in [-0.2, 0) is 9.47 Å². The van der Waals surface area contributed by atoms with Gasteiger partial charge in [0.1, 0.15) is 0 Å². The van der Waals surface area contributed by atoms with E-state index < -0.39 is 6.29 Å². The standard InChI is InChI=1S/C6H13N3O3/c1-2-11-6(5-10)12-4-3-8-9-7/h6,10H,2-5H2,1H3. The lowest BCUT2D eigenvalue weighted by molar-refractivity contribution is -0.157. The van der Waals surface area contributed by atoms with Crippen LogP contribution >= 0.6 is 0 Å². The van der Waals surface area contributed by atoms with E-state index >= 15 is 0 Å². The van der Waals surface area contributed by atoms with Gasteiger partial charge >= 0.3 is 0 Å². The first kappa shape index (κ1) is 11.2. The molecule has 12 heavy (non-hydrogen) atoms. The number of hydrogen-bond acceptors (Lipinski definition) is 4. The number of azide groups is 1. The topological polar surface area (TPSA) is 87.5 Å². The maximum Gasteiger partial charge on any atom is 0.180 e. The van der Waals surface area contributed by atoms with Gasteiger partial charge in [0.15, 0.2) is 6.29 Å². The van der Waals surface area contributed by atoms with Crippen molar-refractivity contribution >= 4 is 0 Å². The maximum absolute atomic E-state index is 8.66. The van der Waals surface area contributed by atoms with Crippen LogP contribution in [0.5, 0.6) is 0 Å². The summed E-state index contributed by atoms with van der Waals surface area (Å²) in [5, 5.41) is 11.9. The van der Waals surface area contributed by atoms with Gasteiger partial charge in [-0.05, 0) is 12.5 Å². The molecule has 1 atom stereocenters. The van der Waals surface area contributed by atoms with E-state index in [1.807, 2.05) is 0 Å². The second kappa shape index (κ2) is 8.29. The minimum Gasteiger partial charge on any atom is -0.391 e. The summed E-state index contributed by atoms with van der Waals surface area (Å²) in [5.41, 5.74) is 7.91. The molecule has 0 aliphatic heterocycles. The summed E-state index contributed by atoms with van der Waals surface area (Å²) in [4.78, 5) is 2.55. The molecule has 0 aliphatic carbocycles. The highest BCUT2D eigenvalue weighted by molar-refractivity contribution is 4.46. The average Bonchev–Trinajstić information content (AvgIpc) is 2.10. The van der Waals surface area contributed by atoms with Gasteiger partial charge in [-0.3, -0.25) is 0 Å². The molecular formula is C6H13N3O3. The summed E-state index contributed by atoms with van der Waals surface area (Å²) >= 11 is 0. The molecule has 0 aliphatic rings. The van der Waals surface area contributed by atoms with E-state index in [4.69, 9.17) is 20.1 Å². The second-order valence-corrected chi connectivity index (χ2v) is 1.89. The lowest BCUT2D eigenvalue weighted by atomic mass is 10.6. The van der Waals surface area contributed by atoms with Crippen molar-refractivity contribution in [1.29, 1.82) is 0 Å². The molecule has 6 nitrogen and oxygen atoms in total. The Morgan fingerprint density at radius 3 is 2.83 bits per heavy atom. The average molecular weight is 175 g/mol. The zero-order chi connectivity index (χ0) is 9.23. The van der Waals surface area contributed by atoms with E-state index in [9.17, 15) is 0 Å². The highest BCUT2D eigenvalue weighted by atomic mass is 16.7. The van der Waals surface area contributed by atoms with Crippen molar-refractivity contribution in [2.24, 2.45) is 5.11 Å². The van der Waals surface area contributed by atoms with E-state index in [0.29, 0.717) is 6.61 Å². The van der Waals surface area contributed by atoms with E-state index in [2.05, 4.69) is 10.0 Å². The Kier molecular flexibility index (Phi) is 7.73. The molecule has 0 aromatic rings. The van der Waals surface area contributed by atoms with E-state index in [1.54, 1.807) is 6.92 Å². The maximum atomic E-state index is 8.66. The summed E-state index contributed by atoms with van der Waals surface area (Å²) in [6.45, 7) is 2.60. The number of aliphatic hydroxyl groups excluding tert-OH is 1. The Morgan fingerprint density at radius 1 is 1.58 bits per heavy atom. The molecule has 0 aromatic heterocycles. The van der Waals surface area contributed by atoms with Crippen molar-refractivity contribution in [2.45, 2.75) is 13.2 Å². The Bertz CT molecular complexity index is 147. The first-order valence-corrected chi connectivity index (χ1v) is 3.70. The first-order valence-electron chi connectivity index (χ1n) is 3.70. The van der Waals surface area contributed by atoms with Crippen LogP contribution in [0, 0.1) is 0 Å². The van der Waals surface area contributed by atoms with Crippen LogP contribution in [0.25, 0.3) is 10.4 Å². The van der Waals surface area contributed by atoms with Crippen molar-refractivity contribution in [3.63, 3.8) is 0 Å². The van der Waals surface area contributed by atoms with Gasteiger partial charge in [0, 0.05) is 18.1 Å². The minimum atomic E-state index is -0.608. The Morgan fingerprint density at radius 2 is 2.33 bits per heavy atom. The van der Waals surface area contributed by atoms with Crippen LogP contribution in [0.3, 0.4) is 0 Å². The molecule has 0 spiro atoms. The normalized spacial score (nSPS) is 12.2. The van der Waals surface area contributed by atoms with Crippen molar-refractivity contribution < 1.29 is 14.6 Å². The highest BCUT2D eigenvalue weighted by Gasteiger charge is 2.04. The first-order chi connectivity index (χ1) is 5.85. The molecule has 70 valence electrons. The van der Waals surface area contributed by atoms with Gasteiger partial charge in [-0.15, -0.1) is 0 Å². The molecule has 0 radical (unpaired) electrons. The zero-order valence-corrected chi connectivity index (χ0v) is 7.01. The number of aliphatic hydroxyl groups is 1. The summed E-state index contributed by atoms with van der Waals surface area (Å²) in [5.74, 6) is 0. The third kappa shape index (κ3) is 5.94. The molecule has 0 fully saturated rings. The molecule has 0 saturated heterocycles. The third-order valence-corrected chi connectivity index (χ3v) is 1.06. The van der Waals surface area contributed by atoms with Gasteiger partial charge in [-0.25, -0.2) is 0 Å². The summed E-state index contributed by atoms with van der Waals surface area (Å²) in [6.07, 6.45) is -0.608. The molecule has 1 N–H and O–H groups in total. The van der Waals surface area contributed by atoms with Gasteiger partial charge in [-0.2, -0.15) is 0 Å². The van der Waals surface area contributed by atoms with Crippen LogP contribution in [0.4, 0.5) is 0 Å². The van der Waals surface area contributed by atoms with Crippen molar-refractivity contribution in [1.82, 2.24) is 0 Å². The molecule has 0 rings (SSSR count). The van der Waals surface area contributed by atoms with Gasteiger partial charge in [0.25, 0.3) is 0 Å². The quantitative estimate of drug-likeness (QED) is 0.203. The van der Waals surface area contributed by atoms with Crippen LogP contribution in [0.2, 0.25) is 0 Å². The van der Waals surface area contributed by atoms with E-state index in [0.717, 1.165) is 0 Å². The predicted octanol–water partition coefficient (Wildman–Crippen LogP) is 0.668. The highest BCUT2D eigenvalue weighted by Crippen LogP contribution is 1.93. The predicted molar refractivity (Wildman–Crippen MR) is 42.5 cm³/mol. The number of nitrogens with zero attached hydrogens (tertiary/aromatic N) is 3. The van der Waals surface area contributed by atoms with Gasteiger partial charge < -0.3 is 14.6 Å². The van der Waals surface area contributed by atoms with Crippen LogP contribution < -0.4 is 0 Å². The van der Waals surface area contributed by atoms with E-state index in [1.165, 1.54) is 0 Å². The molecule has 1 unspecified atom stereocenters. The fourth-order valence-corrected chi connectivity index (χ4v) is 0.609. The summed E-state index contributed by atoms with van der Waals surface area (Å²) in [6, 6.07) is 0. The number of hydrogen-bond donors (Lipinski definition) is 1. The van der Waals surface area contributed by atoms with Gasteiger partial charge in [0.2, 0.25) is 0 Å². The monoisotopic (exact) mass is 175 g/mol. The largest absolute Gasteiger partial charge is 0.391 e. The summed E-state index contributed by atoms with van der Waals surface area (Å²) < 4.78 is 9.96. The third-order valence-electron chi connectivity index (χ3n) is 1.06. The van der Waals surface area contributed by atoms with Crippen molar-refractivity contribution in [3.05, 3.63) is 10.4 Å². The zero-order valence-electron chi connectivity index (χ0n) is 7.01. The van der Waals surface area contributed by atoms with Gasteiger partial charge in [-0.1, -0.05) is 5.11 Å². The van der Waals surface area contributed by atoms with Crippen molar-refractivity contribution in [2.75, 3.05) is 26.4 Å². The van der Waals surface area contributed by atoms with Crippen molar-refractivity contribution in [3.8, 4) is 0 Å². The molecule has 0 bridgehead atoms. The second-order valence-electron chi connectivity index (χ2n) is 1.89. The fraction of sp³-hybridized carbons (Fsp3) is 1.00. The smallest absolute Gasteiger partial charge is 0.180 e. The number of rotatable bonds is 7. The van der Waals surface area contributed by atoms with Crippen LogP contribution in [-0.4, -0.2) is 37.8 Å². The minimum absolute atomic E-state index is 0.190. The lowest BCUT2D eigenvalue weighted by Gasteiger charge is -2.13. The van der Waals surface area contributed by atoms with Gasteiger partial charge in [0.05, 0.1) is 13.2 Å². The van der Waals surface area contributed by atoms with E-state index in [-0.39, 0.29) is 19.8 Å². The van der Waals surface area contributed by atoms with Crippen LogP contribution in [0.15, 0.2) is 5.11 Å². The fourth-order valence-electron chi connectivity index (χ4n) is 0.609. The Hall–Kier alpha value is -0.810. The SMILES string of the molecule is CCOC(CO)OCCN=[N+]=[N-]. The molecule has 0 amide bonds. The molecular weight excluding hydrogens is 162 g/mol. The Labute approximate surface area is 70.7 Å².